The number of pyridine rings is 1. The van der Waals surface area contributed by atoms with Gasteiger partial charge in [0, 0.05) is 6.20 Å². The lowest BCUT2D eigenvalue weighted by atomic mass is 10.2. The minimum Gasteiger partial charge on any atom is -0.462 e. The molecule has 0 aliphatic carbocycles. The van der Waals surface area contributed by atoms with E-state index in [-0.39, 0.29) is 17.6 Å². The number of carbonyl (C=O) groups is 1. The van der Waals surface area contributed by atoms with Gasteiger partial charge >= 0.3 is 5.97 Å². The maximum Gasteiger partial charge on any atom is 0.343 e. The van der Waals surface area contributed by atoms with E-state index in [1.54, 1.807) is 13.0 Å². The summed E-state index contributed by atoms with van der Waals surface area (Å²) in [5, 5.41) is 0.417. The third-order valence-electron chi connectivity index (χ3n) is 2.03. The van der Waals surface area contributed by atoms with Gasteiger partial charge < -0.3 is 9.72 Å². The van der Waals surface area contributed by atoms with Crippen LogP contribution < -0.4 is 5.43 Å². The Balaban J connectivity index is 2.60. The Bertz CT molecular complexity index is 602. The molecule has 16 heavy (non-hydrogen) atoms. The van der Waals surface area contributed by atoms with Crippen molar-refractivity contribution >= 4 is 39.1 Å². The molecule has 0 aliphatic heterocycles. The molecule has 2 aromatic heterocycles. The second kappa shape index (κ2) is 4.27. The molecular weight excluding hydrogens is 250 g/mol. The lowest BCUT2D eigenvalue weighted by Crippen LogP contribution is -2.17. The van der Waals surface area contributed by atoms with Crippen molar-refractivity contribution in [3.05, 3.63) is 32.4 Å². The van der Waals surface area contributed by atoms with Crippen LogP contribution in [0.15, 0.2) is 17.1 Å². The fourth-order valence-electron chi connectivity index (χ4n) is 1.35. The molecule has 0 saturated heterocycles. The highest BCUT2D eigenvalue weighted by Gasteiger charge is 2.15. The molecule has 84 valence electrons. The summed E-state index contributed by atoms with van der Waals surface area (Å²) in [6, 6.07) is 1.54. The Hall–Kier alpha value is -1.33. The zero-order valence-corrected chi connectivity index (χ0v) is 9.95. The Morgan fingerprint density at radius 2 is 2.38 bits per heavy atom. The van der Waals surface area contributed by atoms with Gasteiger partial charge in [-0.3, -0.25) is 4.79 Å². The number of halogens is 1. The number of rotatable bonds is 2. The first-order valence-electron chi connectivity index (χ1n) is 4.61. The number of carbonyl (C=O) groups excluding carboxylic acids is 1. The van der Waals surface area contributed by atoms with E-state index in [2.05, 4.69) is 4.98 Å². The van der Waals surface area contributed by atoms with Gasteiger partial charge in [-0.05, 0) is 13.0 Å². The first kappa shape index (κ1) is 11.2. The molecule has 1 N–H and O–H groups in total. The average Bonchev–Trinajstić information content (AvgIpc) is 2.60. The van der Waals surface area contributed by atoms with Crippen molar-refractivity contribution in [3.63, 3.8) is 0 Å². The van der Waals surface area contributed by atoms with E-state index in [1.165, 1.54) is 17.5 Å². The van der Waals surface area contributed by atoms with Crippen molar-refractivity contribution in [3.8, 4) is 0 Å². The summed E-state index contributed by atoms with van der Waals surface area (Å²) >= 11 is 7.05. The summed E-state index contributed by atoms with van der Waals surface area (Å²) in [5.41, 5.74) is -0.348. The van der Waals surface area contributed by atoms with Crippen LogP contribution in [0.4, 0.5) is 0 Å². The number of H-pyrrole nitrogens is 1. The molecule has 6 heteroatoms. The molecule has 2 heterocycles. The molecule has 2 rings (SSSR count). The van der Waals surface area contributed by atoms with E-state index in [4.69, 9.17) is 16.3 Å². The van der Waals surface area contributed by atoms with Crippen molar-refractivity contribution in [1.82, 2.24) is 4.98 Å². The Morgan fingerprint density at radius 3 is 3.06 bits per heavy atom. The van der Waals surface area contributed by atoms with E-state index < -0.39 is 5.97 Å². The Kier molecular flexibility index (Phi) is 2.98. The van der Waals surface area contributed by atoms with Gasteiger partial charge in [-0.2, -0.15) is 0 Å². The third kappa shape index (κ3) is 1.83. The highest BCUT2D eigenvalue weighted by atomic mass is 35.5. The number of fused-ring (bicyclic) bond motifs is 1. The van der Waals surface area contributed by atoms with Gasteiger partial charge in [0.15, 0.2) is 0 Å². The molecule has 0 amide bonds. The van der Waals surface area contributed by atoms with Gasteiger partial charge in [0.05, 0.1) is 16.3 Å². The van der Waals surface area contributed by atoms with Gasteiger partial charge in [0.25, 0.3) is 0 Å². The standard InChI is InChI=1S/C10H8ClNO3S/c1-2-15-10(14)6-4-12-9-5(8(6)13)3-7(11)16-9/h3-4H,2H2,1H3,(H,12,13). The van der Waals surface area contributed by atoms with Crippen LogP contribution in [0.5, 0.6) is 0 Å². The number of hydrogen-bond donors (Lipinski definition) is 1. The highest BCUT2D eigenvalue weighted by molar-refractivity contribution is 7.22. The topological polar surface area (TPSA) is 59.2 Å². The molecule has 0 aliphatic rings. The molecule has 0 fully saturated rings. The van der Waals surface area contributed by atoms with Crippen molar-refractivity contribution in [2.75, 3.05) is 6.61 Å². The smallest absolute Gasteiger partial charge is 0.343 e. The SMILES string of the molecule is CCOC(=O)c1c[nH]c2sc(Cl)cc2c1=O. The Morgan fingerprint density at radius 1 is 1.62 bits per heavy atom. The number of thiophene rings is 1. The van der Waals surface area contributed by atoms with E-state index >= 15 is 0 Å². The van der Waals surface area contributed by atoms with Crippen LogP contribution in [0.3, 0.4) is 0 Å². The summed E-state index contributed by atoms with van der Waals surface area (Å²) in [7, 11) is 0. The predicted molar refractivity (Wildman–Crippen MR) is 63.4 cm³/mol. The molecule has 0 spiro atoms. The lowest BCUT2D eigenvalue weighted by molar-refractivity contribution is 0.0524. The zero-order chi connectivity index (χ0) is 11.7. The second-order valence-electron chi connectivity index (χ2n) is 3.05. The van der Waals surface area contributed by atoms with Crippen molar-refractivity contribution in [2.45, 2.75) is 6.92 Å². The van der Waals surface area contributed by atoms with Crippen LogP contribution in [0.2, 0.25) is 4.34 Å². The third-order valence-corrected chi connectivity index (χ3v) is 3.23. The number of nitrogens with one attached hydrogen (secondary N) is 1. The van der Waals surface area contributed by atoms with E-state index in [1.807, 2.05) is 0 Å². The number of aromatic nitrogens is 1. The molecule has 0 aromatic carbocycles. The van der Waals surface area contributed by atoms with Crippen molar-refractivity contribution in [2.24, 2.45) is 0 Å². The maximum absolute atomic E-state index is 11.9. The zero-order valence-electron chi connectivity index (χ0n) is 8.37. The van der Waals surface area contributed by atoms with E-state index in [9.17, 15) is 9.59 Å². The van der Waals surface area contributed by atoms with Gasteiger partial charge in [0.1, 0.15) is 10.4 Å². The normalized spacial score (nSPS) is 10.6. The minimum atomic E-state index is -0.618. The Labute approximate surface area is 99.8 Å². The summed E-state index contributed by atoms with van der Waals surface area (Å²) in [6.07, 6.45) is 1.36. The number of hydrogen-bond acceptors (Lipinski definition) is 4. The van der Waals surface area contributed by atoms with Gasteiger partial charge in [-0.25, -0.2) is 4.79 Å². The van der Waals surface area contributed by atoms with Crippen LogP contribution in [0.25, 0.3) is 10.2 Å². The van der Waals surface area contributed by atoms with Gasteiger partial charge in [0.2, 0.25) is 5.43 Å². The summed E-state index contributed by atoms with van der Waals surface area (Å²) in [5.74, 6) is -0.618. The number of ether oxygens (including phenoxy) is 1. The fraction of sp³-hybridized carbons (Fsp3) is 0.200. The van der Waals surface area contributed by atoms with Crippen LogP contribution >= 0.6 is 22.9 Å². The minimum absolute atomic E-state index is 0.00353. The number of aromatic amines is 1. The summed E-state index contributed by atoms with van der Waals surface area (Å²) in [4.78, 5) is 26.8. The highest BCUT2D eigenvalue weighted by Crippen LogP contribution is 2.25. The molecule has 2 aromatic rings. The van der Waals surface area contributed by atoms with Crippen LogP contribution in [0, 0.1) is 0 Å². The van der Waals surface area contributed by atoms with E-state index in [0.29, 0.717) is 14.6 Å². The van der Waals surface area contributed by atoms with Crippen molar-refractivity contribution < 1.29 is 9.53 Å². The largest absolute Gasteiger partial charge is 0.462 e. The summed E-state index contributed by atoms with van der Waals surface area (Å²) in [6.45, 7) is 1.92. The van der Waals surface area contributed by atoms with Crippen LogP contribution in [-0.2, 0) is 4.74 Å². The summed E-state index contributed by atoms with van der Waals surface area (Å²) < 4.78 is 5.28. The molecule has 0 unspecified atom stereocenters. The molecular formula is C10H8ClNO3S. The molecule has 0 saturated carbocycles. The van der Waals surface area contributed by atoms with Crippen molar-refractivity contribution in [1.29, 1.82) is 0 Å². The molecule has 0 bridgehead atoms. The first-order chi connectivity index (χ1) is 7.63. The second-order valence-corrected chi connectivity index (χ2v) is 4.73. The quantitative estimate of drug-likeness (QED) is 0.841. The van der Waals surface area contributed by atoms with Gasteiger partial charge in [-0.15, -0.1) is 11.3 Å². The van der Waals surface area contributed by atoms with Crippen LogP contribution in [-0.4, -0.2) is 17.6 Å². The maximum atomic E-state index is 11.9. The van der Waals surface area contributed by atoms with E-state index in [0.717, 1.165) is 0 Å². The van der Waals surface area contributed by atoms with Gasteiger partial charge in [-0.1, -0.05) is 11.6 Å². The predicted octanol–water partition coefficient (Wildman–Crippen LogP) is 2.42. The number of esters is 1. The molecule has 0 radical (unpaired) electrons. The first-order valence-corrected chi connectivity index (χ1v) is 5.80. The lowest BCUT2D eigenvalue weighted by Gasteiger charge is -2.00. The molecule has 0 atom stereocenters. The molecule has 4 nitrogen and oxygen atoms in total. The van der Waals surface area contributed by atoms with Crippen LogP contribution in [0.1, 0.15) is 17.3 Å². The average molecular weight is 258 g/mol. The fourth-order valence-corrected chi connectivity index (χ4v) is 2.44. The monoisotopic (exact) mass is 257 g/mol.